The van der Waals surface area contributed by atoms with Crippen molar-refractivity contribution in [2.24, 2.45) is 5.92 Å². The number of hydrogen-bond donors (Lipinski definition) is 0. The van der Waals surface area contributed by atoms with Gasteiger partial charge in [0.15, 0.2) is 0 Å². The van der Waals surface area contributed by atoms with Crippen molar-refractivity contribution in [1.29, 1.82) is 0 Å². The van der Waals surface area contributed by atoms with Gasteiger partial charge in [0.05, 0.1) is 18.2 Å². The molecule has 2 unspecified atom stereocenters. The summed E-state index contributed by atoms with van der Waals surface area (Å²) in [5.41, 5.74) is 3.06. The van der Waals surface area contributed by atoms with E-state index in [1.807, 2.05) is 29.7 Å². The summed E-state index contributed by atoms with van der Waals surface area (Å²) in [5, 5.41) is 0. The normalized spacial score (nSPS) is 17.3. The van der Waals surface area contributed by atoms with Gasteiger partial charge < -0.3 is 14.0 Å². The number of fused-ring (bicyclic) bond motifs is 1. The van der Waals surface area contributed by atoms with Crippen LogP contribution in [0, 0.1) is 18.7 Å². The summed E-state index contributed by atoms with van der Waals surface area (Å²) in [6, 6.07) is 10.5. The van der Waals surface area contributed by atoms with E-state index in [1.165, 1.54) is 6.07 Å². The molecule has 7 heteroatoms. The summed E-state index contributed by atoms with van der Waals surface area (Å²) in [6.07, 6.45) is 5.18. The Labute approximate surface area is 187 Å². The van der Waals surface area contributed by atoms with Crippen molar-refractivity contribution in [1.82, 2.24) is 14.3 Å². The molecule has 1 aromatic carbocycles. The van der Waals surface area contributed by atoms with E-state index in [9.17, 15) is 14.0 Å². The van der Waals surface area contributed by atoms with Crippen molar-refractivity contribution in [3.63, 3.8) is 0 Å². The molecule has 0 aliphatic carbocycles. The number of carbonyl (C=O) groups is 2. The molecule has 4 rings (SSSR count). The van der Waals surface area contributed by atoms with Gasteiger partial charge in [0.1, 0.15) is 11.5 Å². The number of benzene rings is 1. The highest BCUT2D eigenvalue weighted by atomic mass is 19.1. The number of likely N-dealkylation sites (tertiary alicyclic amines) is 1. The van der Waals surface area contributed by atoms with Gasteiger partial charge in [-0.1, -0.05) is 18.2 Å². The summed E-state index contributed by atoms with van der Waals surface area (Å²) in [4.78, 5) is 31.7. The maximum Gasteiger partial charge on any atom is 0.310 e. The first kappa shape index (κ1) is 22.0. The van der Waals surface area contributed by atoms with Gasteiger partial charge in [-0.25, -0.2) is 9.37 Å². The summed E-state index contributed by atoms with van der Waals surface area (Å²) < 4.78 is 21.9. The van der Waals surface area contributed by atoms with Gasteiger partial charge in [-0.2, -0.15) is 0 Å². The number of hydrogen-bond acceptors (Lipinski definition) is 4. The van der Waals surface area contributed by atoms with Gasteiger partial charge in [-0.3, -0.25) is 9.59 Å². The SMILES string of the molecule is CCOC(=O)C1CCCN(C(=O)CC(c2ccccc2F)c2cnc3cc(C)ccn23)C1. The quantitative estimate of drug-likeness (QED) is 0.545. The van der Waals surface area contributed by atoms with Gasteiger partial charge >= 0.3 is 5.97 Å². The Bertz CT molecular complexity index is 1130. The number of piperidine rings is 1. The van der Waals surface area contributed by atoms with Crippen molar-refractivity contribution < 1.29 is 18.7 Å². The summed E-state index contributed by atoms with van der Waals surface area (Å²) in [6.45, 7) is 5.02. The molecule has 1 aliphatic rings. The van der Waals surface area contributed by atoms with Gasteiger partial charge in [0, 0.05) is 37.8 Å². The van der Waals surface area contributed by atoms with E-state index in [-0.39, 0.29) is 30.0 Å². The standard InChI is InChI=1S/C25H28FN3O3/c1-3-32-25(31)18-7-6-11-28(16-18)24(30)14-20(19-8-4-5-9-21(19)26)22-15-27-23-13-17(2)10-12-29(22)23/h4-5,8-10,12-13,15,18,20H,3,6-7,11,14,16H2,1-2H3. The number of pyridine rings is 1. The number of carbonyl (C=O) groups excluding carboxylic acids is 2. The topological polar surface area (TPSA) is 63.9 Å². The maximum absolute atomic E-state index is 14.8. The molecule has 0 N–H and O–H groups in total. The van der Waals surface area contributed by atoms with E-state index in [1.54, 1.807) is 36.2 Å². The van der Waals surface area contributed by atoms with Gasteiger partial charge in [0.25, 0.3) is 0 Å². The summed E-state index contributed by atoms with van der Waals surface area (Å²) in [7, 11) is 0. The lowest BCUT2D eigenvalue weighted by atomic mass is 9.90. The largest absolute Gasteiger partial charge is 0.466 e. The predicted octanol–water partition coefficient (Wildman–Crippen LogP) is 4.11. The van der Waals surface area contributed by atoms with Crippen LogP contribution < -0.4 is 0 Å². The molecule has 1 saturated heterocycles. The Morgan fingerprint density at radius 3 is 2.88 bits per heavy atom. The lowest BCUT2D eigenvalue weighted by Crippen LogP contribution is -2.43. The van der Waals surface area contributed by atoms with Gasteiger partial charge in [0.2, 0.25) is 5.91 Å². The molecule has 6 nitrogen and oxygen atoms in total. The fourth-order valence-corrected chi connectivity index (χ4v) is 4.45. The van der Waals surface area contributed by atoms with Crippen LogP contribution in [0.2, 0.25) is 0 Å². The van der Waals surface area contributed by atoms with Crippen LogP contribution in [0.5, 0.6) is 0 Å². The molecule has 2 atom stereocenters. The molecule has 32 heavy (non-hydrogen) atoms. The van der Waals surface area contributed by atoms with E-state index in [4.69, 9.17) is 4.74 Å². The van der Waals surface area contributed by atoms with Crippen LogP contribution in [-0.2, 0) is 14.3 Å². The minimum Gasteiger partial charge on any atom is -0.466 e. The molecule has 1 amide bonds. The zero-order chi connectivity index (χ0) is 22.7. The van der Waals surface area contributed by atoms with E-state index >= 15 is 0 Å². The zero-order valence-corrected chi connectivity index (χ0v) is 18.5. The highest BCUT2D eigenvalue weighted by Crippen LogP contribution is 2.32. The minimum atomic E-state index is -0.496. The average molecular weight is 438 g/mol. The third-order valence-electron chi connectivity index (χ3n) is 6.11. The van der Waals surface area contributed by atoms with E-state index in [0.29, 0.717) is 31.7 Å². The fourth-order valence-electron chi connectivity index (χ4n) is 4.45. The molecular weight excluding hydrogens is 409 g/mol. The van der Waals surface area contributed by atoms with Crippen LogP contribution in [0.3, 0.4) is 0 Å². The molecule has 3 heterocycles. The number of amides is 1. The van der Waals surface area contributed by atoms with Crippen LogP contribution in [0.25, 0.3) is 5.65 Å². The van der Waals surface area contributed by atoms with Crippen molar-refractivity contribution in [2.75, 3.05) is 19.7 Å². The monoisotopic (exact) mass is 437 g/mol. The molecule has 1 fully saturated rings. The smallest absolute Gasteiger partial charge is 0.310 e. The Kier molecular flexibility index (Phi) is 6.53. The minimum absolute atomic E-state index is 0.0954. The number of ether oxygens (including phenoxy) is 1. The van der Waals surface area contributed by atoms with Crippen molar-refractivity contribution in [2.45, 2.75) is 39.0 Å². The molecule has 0 radical (unpaired) electrons. The lowest BCUT2D eigenvalue weighted by molar-refractivity contribution is -0.151. The molecule has 0 bridgehead atoms. The van der Waals surface area contributed by atoms with Gasteiger partial charge in [-0.05, 0) is 56.0 Å². The zero-order valence-electron chi connectivity index (χ0n) is 18.5. The Morgan fingerprint density at radius 2 is 2.09 bits per heavy atom. The number of aryl methyl sites for hydroxylation is 1. The Morgan fingerprint density at radius 1 is 1.28 bits per heavy atom. The molecule has 1 aliphatic heterocycles. The number of halogens is 1. The summed E-state index contributed by atoms with van der Waals surface area (Å²) >= 11 is 0. The predicted molar refractivity (Wildman–Crippen MR) is 119 cm³/mol. The van der Waals surface area contributed by atoms with E-state index < -0.39 is 5.92 Å². The first-order chi connectivity index (χ1) is 15.5. The molecule has 0 spiro atoms. The van der Waals surface area contributed by atoms with Crippen LogP contribution >= 0.6 is 0 Å². The molecule has 0 saturated carbocycles. The maximum atomic E-state index is 14.8. The van der Waals surface area contributed by atoms with Crippen molar-refractivity contribution in [3.8, 4) is 0 Å². The number of rotatable bonds is 6. The lowest BCUT2D eigenvalue weighted by Gasteiger charge is -2.32. The van der Waals surface area contributed by atoms with Crippen molar-refractivity contribution in [3.05, 3.63) is 71.4 Å². The molecule has 168 valence electrons. The Balaban J connectivity index is 1.63. The van der Waals surface area contributed by atoms with Crippen LogP contribution in [0.4, 0.5) is 4.39 Å². The first-order valence-corrected chi connectivity index (χ1v) is 11.1. The third kappa shape index (κ3) is 4.52. The van der Waals surface area contributed by atoms with Crippen LogP contribution in [0.1, 0.15) is 48.9 Å². The number of aromatic nitrogens is 2. The average Bonchev–Trinajstić information content (AvgIpc) is 3.21. The highest BCUT2D eigenvalue weighted by Gasteiger charge is 2.32. The second kappa shape index (κ2) is 9.51. The van der Waals surface area contributed by atoms with Crippen LogP contribution in [0.15, 0.2) is 48.8 Å². The fraction of sp³-hybridized carbons (Fsp3) is 0.400. The van der Waals surface area contributed by atoms with E-state index in [2.05, 4.69) is 4.98 Å². The third-order valence-corrected chi connectivity index (χ3v) is 6.11. The number of imidazole rings is 1. The molecule has 2 aromatic heterocycles. The first-order valence-electron chi connectivity index (χ1n) is 11.1. The van der Waals surface area contributed by atoms with Crippen LogP contribution in [-0.4, -0.2) is 45.9 Å². The van der Waals surface area contributed by atoms with E-state index in [0.717, 1.165) is 23.3 Å². The molecular formula is C25H28FN3O3. The highest BCUT2D eigenvalue weighted by molar-refractivity contribution is 5.79. The van der Waals surface area contributed by atoms with Gasteiger partial charge in [-0.15, -0.1) is 0 Å². The second-order valence-corrected chi connectivity index (χ2v) is 8.32. The number of nitrogens with zero attached hydrogens (tertiary/aromatic N) is 3. The summed E-state index contributed by atoms with van der Waals surface area (Å²) in [5.74, 6) is -1.51. The second-order valence-electron chi connectivity index (χ2n) is 8.32. The molecule has 3 aromatic rings. The van der Waals surface area contributed by atoms with Crippen molar-refractivity contribution >= 4 is 17.5 Å². The number of esters is 1. The Hall–Kier alpha value is -3.22.